The molecule has 0 spiro atoms. The quantitative estimate of drug-likeness (QED) is 0.506. The second kappa shape index (κ2) is 10.8. The molecule has 1 saturated carbocycles. The van der Waals surface area contributed by atoms with Gasteiger partial charge in [-0.15, -0.1) is 0 Å². The number of amides is 1. The van der Waals surface area contributed by atoms with E-state index < -0.39 is 0 Å². The molecule has 0 aliphatic heterocycles. The highest BCUT2D eigenvalue weighted by Gasteiger charge is 2.19. The number of benzene rings is 1. The average Bonchev–Trinajstić information content (AvgIpc) is 3.15. The summed E-state index contributed by atoms with van der Waals surface area (Å²) >= 11 is 0. The fourth-order valence-electron chi connectivity index (χ4n) is 4.68. The molecule has 1 amide bonds. The maximum Gasteiger partial charge on any atom is 0.227 e. The van der Waals surface area contributed by atoms with Gasteiger partial charge in [-0.2, -0.15) is 0 Å². The second-order valence-corrected chi connectivity index (χ2v) is 8.83. The van der Waals surface area contributed by atoms with Gasteiger partial charge in [-0.05, 0) is 62.9 Å². The zero-order valence-corrected chi connectivity index (χ0v) is 18.6. The van der Waals surface area contributed by atoms with Crippen LogP contribution in [-0.2, 0) is 11.2 Å². The molecule has 3 rings (SSSR count). The third kappa shape index (κ3) is 5.85. The second-order valence-electron chi connectivity index (χ2n) is 8.83. The average molecular weight is 398 g/mol. The molecule has 0 unspecified atom stereocenters. The molecule has 2 N–H and O–H groups in total. The number of hydrogen-bond acceptors (Lipinski definition) is 2. The van der Waals surface area contributed by atoms with Crippen molar-refractivity contribution in [2.75, 3.05) is 18.9 Å². The molecule has 29 heavy (non-hydrogen) atoms. The number of likely N-dealkylation sites (N-methyl/N-ethyl adjacent to an activating group) is 1. The van der Waals surface area contributed by atoms with Crippen LogP contribution in [0, 0.1) is 5.92 Å². The molecule has 1 aromatic heterocycles. The van der Waals surface area contributed by atoms with E-state index in [9.17, 15) is 4.79 Å². The number of aromatic nitrogens is 1. The summed E-state index contributed by atoms with van der Waals surface area (Å²) in [5, 5.41) is 4.40. The van der Waals surface area contributed by atoms with Crippen molar-refractivity contribution in [1.82, 2.24) is 9.88 Å². The predicted octanol–water partition coefficient (Wildman–Crippen LogP) is 6.13. The molecule has 0 radical (unpaired) electrons. The van der Waals surface area contributed by atoms with Crippen LogP contribution in [-0.4, -0.2) is 35.4 Å². The summed E-state index contributed by atoms with van der Waals surface area (Å²) in [5.74, 6) is 0.273. The lowest BCUT2D eigenvalue weighted by molar-refractivity contribution is -0.120. The van der Waals surface area contributed by atoms with Crippen molar-refractivity contribution in [3.63, 3.8) is 0 Å². The Morgan fingerprint density at radius 3 is 2.76 bits per heavy atom. The van der Waals surface area contributed by atoms with E-state index in [0.717, 1.165) is 55.9 Å². The van der Waals surface area contributed by atoms with Crippen molar-refractivity contribution < 1.29 is 4.79 Å². The van der Waals surface area contributed by atoms with E-state index in [1.54, 1.807) is 0 Å². The van der Waals surface area contributed by atoms with Crippen LogP contribution in [0.3, 0.4) is 0 Å². The molecule has 0 bridgehead atoms. The van der Waals surface area contributed by atoms with Crippen LogP contribution in [0.1, 0.15) is 77.2 Å². The van der Waals surface area contributed by atoms with E-state index in [0.29, 0.717) is 0 Å². The monoisotopic (exact) mass is 397 g/mol. The zero-order chi connectivity index (χ0) is 20.6. The lowest BCUT2D eigenvalue weighted by Gasteiger charge is -2.31. The summed E-state index contributed by atoms with van der Waals surface area (Å²) in [7, 11) is 2.28. The number of unbranched alkanes of at least 4 members (excludes halogenated alkanes) is 1. The predicted molar refractivity (Wildman–Crippen MR) is 123 cm³/mol. The van der Waals surface area contributed by atoms with E-state index in [-0.39, 0.29) is 11.8 Å². The van der Waals surface area contributed by atoms with Crippen LogP contribution < -0.4 is 5.32 Å². The number of anilines is 1. The first-order valence-corrected chi connectivity index (χ1v) is 11.7. The number of hydrogen-bond donors (Lipinski definition) is 2. The maximum atomic E-state index is 12.7. The van der Waals surface area contributed by atoms with Gasteiger partial charge < -0.3 is 15.2 Å². The van der Waals surface area contributed by atoms with Gasteiger partial charge >= 0.3 is 0 Å². The van der Waals surface area contributed by atoms with E-state index in [1.807, 2.05) is 6.07 Å². The molecule has 0 saturated heterocycles. The van der Waals surface area contributed by atoms with Crippen molar-refractivity contribution in [2.24, 2.45) is 5.92 Å². The molecule has 160 valence electrons. The molecule has 1 atom stereocenters. The van der Waals surface area contributed by atoms with Crippen molar-refractivity contribution in [2.45, 2.75) is 84.1 Å². The van der Waals surface area contributed by atoms with Gasteiger partial charge in [-0.1, -0.05) is 46.0 Å². The summed E-state index contributed by atoms with van der Waals surface area (Å²) in [5.41, 5.74) is 3.41. The summed E-state index contributed by atoms with van der Waals surface area (Å²) in [6, 6.07) is 7.00. The van der Waals surface area contributed by atoms with Gasteiger partial charge in [0.2, 0.25) is 5.91 Å². The molecule has 4 heteroatoms. The van der Waals surface area contributed by atoms with Crippen molar-refractivity contribution in [3.8, 4) is 0 Å². The minimum absolute atomic E-state index is 0.112. The number of fused-ring (bicyclic) bond motifs is 1. The van der Waals surface area contributed by atoms with Crippen molar-refractivity contribution >= 4 is 22.5 Å². The smallest absolute Gasteiger partial charge is 0.227 e. The Bertz CT molecular complexity index is 775. The van der Waals surface area contributed by atoms with Crippen LogP contribution in [0.25, 0.3) is 10.9 Å². The van der Waals surface area contributed by atoms with E-state index in [4.69, 9.17) is 0 Å². The van der Waals surface area contributed by atoms with Gasteiger partial charge in [-0.25, -0.2) is 0 Å². The van der Waals surface area contributed by atoms with Crippen LogP contribution in [0.4, 0.5) is 5.69 Å². The van der Waals surface area contributed by atoms with Crippen LogP contribution in [0.15, 0.2) is 24.4 Å². The normalized spacial score (nSPS) is 16.4. The molecule has 1 aliphatic carbocycles. The Kier molecular flexibility index (Phi) is 8.17. The van der Waals surface area contributed by atoms with Gasteiger partial charge in [0.1, 0.15) is 0 Å². The number of nitrogens with zero attached hydrogens (tertiary/aromatic N) is 1. The third-order valence-electron chi connectivity index (χ3n) is 6.74. The van der Waals surface area contributed by atoms with Crippen LogP contribution >= 0.6 is 0 Å². The molecular formula is C25H39N3O. The summed E-state index contributed by atoms with van der Waals surface area (Å²) < 4.78 is 0. The number of carbonyl (C=O) groups excluding carboxylic acids is 1. The topological polar surface area (TPSA) is 48.1 Å². The molecular weight excluding hydrogens is 358 g/mol. The van der Waals surface area contributed by atoms with Crippen LogP contribution in [0.2, 0.25) is 0 Å². The SMILES string of the molecule is CCCC[C@@H](CC)C(=O)Nc1ccc2[nH]cc(CCN(C)C3CCCCC3)c2c1. The number of aromatic amines is 1. The van der Waals surface area contributed by atoms with Crippen LogP contribution in [0.5, 0.6) is 0 Å². The lowest BCUT2D eigenvalue weighted by atomic mass is 9.94. The van der Waals surface area contributed by atoms with Crippen molar-refractivity contribution in [1.29, 1.82) is 0 Å². The minimum atomic E-state index is 0.112. The molecule has 1 fully saturated rings. The number of carbonyl (C=O) groups is 1. The largest absolute Gasteiger partial charge is 0.361 e. The summed E-state index contributed by atoms with van der Waals surface area (Å²) in [6.07, 6.45) is 14.1. The highest BCUT2D eigenvalue weighted by atomic mass is 16.1. The maximum absolute atomic E-state index is 12.7. The first-order valence-electron chi connectivity index (χ1n) is 11.7. The molecule has 1 aliphatic rings. The van der Waals surface area contributed by atoms with Gasteiger partial charge in [-0.3, -0.25) is 4.79 Å². The van der Waals surface area contributed by atoms with E-state index in [1.165, 1.54) is 43.1 Å². The molecule has 1 aromatic carbocycles. The van der Waals surface area contributed by atoms with E-state index in [2.05, 4.69) is 54.4 Å². The highest BCUT2D eigenvalue weighted by molar-refractivity contribution is 5.95. The Balaban J connectivity index is 1.63. The van der Waals surface area contributed by atoms with Gasteiger partial charge in [0.05, 0.1) is 0 Å². The van der Waals surface area contributed by atoms with Crippen molar-refractivity contribution in [3.05, 3.63) is 30.0 Å². The minimum Gasteiger partial charge on any atom is -0.361 e. The Morgan fingerprint density at radius 1 is 1.24 bits per heavy atom. The van der Waals surface area contributed by atoms with Gasteiger partial charge in [0.25, 0.3) is 0 Å². The highest BCUT2D eigenvalue weighted by Crippen LogP contribution is 2.26. The Hall–Kier alpha value is -1.81. The molecule has 2 aromatic rings. The standard InChI is InChI=1S/C25H39N3O/c1-4-6-10-19(5-2)25(29)27-21-13-14-24-23(17-21)20(18-26-24)15-16-28(3)22-11-8-7-9-12-22/h13-14,17-19,22,26H,4-12,15-16H2,1-3H3,(H,27,29)/t19-/m1/s1. The fourth-order valence-corrected chi connectivity index (χ4v) is 4.68. The molecule has 4 nitrogen and oxygen atoms in total. The van der Waals surface area contributed by atoms with E-state index >= 15 is 0 Å². The lowest BCUT2D eigenvalue weighted by Crippen LogP contribution is -2.34. The summed E-state index contributed by atoms with van der Waals surface area (Å²) in [4.78, 5) is 18.6. The van der Waals surface area contributed by atoms with Gasteiger partial charge in [0, 0.05) is 41.3 Å². The summed E-state index contributed by atoms with van der Waals surface area (Å²) in [6.45, 7) is 5.37. The third-order valence-corrected chi connectivity index (χ3v) is 6.74. The number of rotatable bonds is 10. The zero-order valence-electron chi connectivity index (χ0n) is 18.6. The Labute approximate surface area is 176 Å². The fraction of sp³-hybridized carbons (Fsp3) is 0.640. The Morgan fingerprint density at radius 2 is 2.03 bits per heavy atom. The first-order chi connectivity index (χ1) is 14.1. The first kappa shape index (κ1) is 21.9. The van der Waals surface area contributed by atoms with Gasteiger partial charge in [0.15, 0.2) is 0 Å². The molecule has 1 heterocycles. The number of H-pyrrole nitrogens is 1. The number of nitrogens with one attached hydrogen (secondary N) is 2.